The van der Waals surface area contributed by atoms with Gasteiger partial charge < -0.3 is 15.3 Å². The van der Waals surface area contributed by atoms with Crippen LogP contribution in [0.15, 0.2) is 18.2 Å². The van der Waals surface area contributed by atoms with E-state index in [4.69, 9.17) is 0 Å². The average molecular weight is 234 g/mol. The summed E-state index contributed by atoms with van der Waals surface area (Å²) in [4.78, 5) is 2.18. The summed E-state index contributed by atoms with van der Waals surface area (Å²) < 4.78 is 0. The fourth-order valence-corrected chi connectivity index (χ4v) is 2.36. The third kappa shape index (κ3) is 3.20. The summed E-state index contributed by atoms with van der Waals surface area (Å²) in [5.41, 5.74) is 2.43. The third-order valence-electron chi connectivity index (χ3n) is 3.44. The Hall–Kier alpha value is -1.06. The number of aromatic hydroxyl groups is 1. The first kappa shape index (κ1) is 12.4. The van der Waals surface area contributed by atoms with Gasteiger partial charge in [0.2, 0.25) is 0 Å². The summed E-state index contributed by atoms with van der Waals surface area (Å²) in [6, 6.07) is 6.06. The Kier molecular flexibility index (Phi) is 4.02. The number of phenols is 1. The summed E-state index contributed by atoms with van der Waals surface area (Å²) in [5.74, 6) is 0.932. The number of rotatable bonds is 4. The molecule has 1 heterocycles. The van der Waals surface area contributed by atoms with Crippen LogP contribution in [0.4, 0.5) is 0 Å². The van der Waals surface area contributed by atoms with Crippen molar-refractivity contribution in [1.29, 1.82) is 0 Å². The fourth-order valence-electron chi connectivity index (χ4n) is 2.36. The Balaban J connectivity index is 2.11. The molecule has 0 aliphatic carbocycles. The standard InChI is InChI=1S/C14H22N2O/c1-16(2)8-6-11-3-4-14(17)13(9-11)12-5-7-15-10-12/h3-4,9,12,15,17H,5-8,10H2,1-2H3. The molecule has 0 radical (unpaired) electrons. The minimum atomic E-state index is 0.451. The zero-order valence-electron chi connectivity index (χ0n) is 10.7. The topological polar surface area (TPSA) is 35.5 Å². The molecule has 1 aliphatic heterocycles. The summed E-state index contributed by atoms with van der Waals surface area (Å²) in [7, 11) is 4.17. The molecule has 0 bridgehead atoms. The van der Waals surface area contributed by atoms with Crippen LogP contribution in [0.3, 0.4) is 0 Å². The van der Waals surface area contributed by atoms with E-state index in [0.717, 1.165) is 38.0 Å². The van der Waals surface area contributed by atoms with Gasteiger partial charge in [0, 0.05) is 19.0 Å². The number of benzene rings is 1. The number of likely N-dealkylation sites (N-methyl/N-ethyl adjacent to an activating group) is 1. The molecule has 1 atom stereocenters. The van der Waals surface area contributed by atoms with Crippen molar-refractivity contribution in [2.24, 2.45) is 0 Å². The van der Waals surface area contributed by atoms with E-state index in [2.05, 4.69) is 30.4 Å². The Morgan fingerprint density at radius 3 is 2.88 bits per heavy atom. The molecule has 1 aromatic rings. The first-order valence-corrected chi connectivity index (χ1v) is 6.34. The van der Waals surface area contributed by atoms with E-state index >= 15 is 0 Å². The molecule has 1 aliphatic rings. The van der Waals surface area contributed by atoms with Gasteiger partial charge in [0.1, 0.15) is 5.75 Å². The summed E-state index contributed by atoms with van der Waals surface area (Å²) in [6.07, 6.45) is 2.17. The lowest BCUT2D eigenvalue weighted by molar-refractivity contribution is 0.413. The predicted octanol–water partition coefficient (Wildman–Crippen LogP) is 1.57. The molecule has 3 nitrogen and oxygen atoms in total. The van der Waals surface area contributed by atoms with E-state index in [1.54, 1.807) is 0 Å². The van der Waals surface area contributed by atoms with Crippen LogP contribution in [0.2, 0.25) is 0 Å². The largest absolute Gasteiger partial charge is 0.508 e. The van der Waals surface area contributed by atoms with E-state index in [-0.39, 0.29) is 0 Å². The second-order valence-electron chi connectivity index (χ2n) is 5.14. The van der Waals surface area contributed by atoms with Crippen molar-refractivity contribution in [1.82, 2.24) is 10.2 Å². The molecular formula is C14H22N2O. The number of phenolic OH excluding ortho intramolecular Hbond substituents is 1. The predicted molar refractivity (Wildman–Crippen MR) is 70.6 cm³/mol. The fraction of sp³-hybridized carbons (Fsp3) is 0.571. The lowest BCUT2D eigenvalue weighted by Gasteiger charge is -2.14. The molecule has 0 saturated carbocycles. The van der Waals surface area contributed by atoms with Crippen molar-refractivity contribution in [2.45, 2.75) is 18.8 Å². The number of nitrogens with one attached hydrogen (secondary N) is 1. The van der Waals surface area contributed by atoms with E-state index in [0.29, 0.717) is 11.7 Å². The highest BCUT2D eigenvalue weighted by molar-refractivity contribution is 5.39. The number of nitrogens with zero attached hydrogens (tertiary/aromatic N) is 1. The monoisotopic (exact) mass is 234 g/mol. The molecular weight excluding hydrogens is 212 g/mol. The Morgan fingerprint density at radius 2 is 2.24 bits per heavy atom. The van der Waals surface area contributed by atoms with Crippen LogP contribution in [0, 0.1) is 0 Å². The number of hydrogen-bond donors (Lipinski definition) is 2. The highest BCUT2D eigenvalue weighted by Crippen LogP contribution is 2.30. The molecule has 1 unspecified atom stereocenters. The van der Waals surface area contributed by atoms with Gasteiger partial charge in [-0.05, 0) is 50.7 Å². The molecule has 94 valence electrons. The lowest BCUT2D eigenvalue weighted by atomic mass is 9.95. The molecule has 2 rings (SSSR count). The lowest BCUT2D eigenvalue weighted by Crippen LogP contribution is -2.15. The minimum absolute atomic E-state index is 0.451. The molecule has 0 aromatic heterocycles. The van der Waals surface area contributed by atoms with E-state index in [9.17, 15) is 5.11 Å². The molecule has 1 saturated heterocycles. The van der Waals surface area contributed by atoms with Crippen LogP contribution >= 0.6 is 0 Å². The minimum Gasteiger partial charge on any atom is -0.508 e. The Morgan fingerprint density at radius 1 is 1.41 bits per heavy atom. The van der Waals surface area contributed by atoms with Crippen LogP contribution in [0.25, 0.3) is 0 Å². The summed E-state index contributed by atoms with van der Waals surface area (Å²) in [6.45, 7) is 3.10. The Labute approximate surface area is 103 Å². The van der Waals surface area contributed by atoms with E-state index in [1.165, 1.54) is 5.56 Å². The first-order chi connectivity index (χ1) is 8.16. The third-order valence-corrected chi connectivity index (χ3v) is 3.44. The van der Waals surface area contributed by atoms with Gasteiger partial charge in [0.05, 0.1) is 0 Å². The van der Waals surface area contributed by atoms with Gasteiger partial charge in [-0.1, -0.05) is 12.1 Å². The van der Waals surface area contributed by atoms with Crippen molar-refractivity contribution < 1.29 is 5.11 Å². The molecule has 2 N–H and O–H groups in total. The molecule has 0 spiro atoms. The van der Waals surface area contributed by atoms with Crippen LogP contribution in [-0.4, -0.2) is 43.7 Å². The molecule has 1 fully saturated rings. The van der Waals surface area contributed by atoms with Gasteiger partial charge in [0.25, 0.3) is 0 Å². The summed E-state index contributed by atoms with van der Waals surface area (Å²) >= 11 is 0. The first-order valence-electron chi connectivity index (χ1n) is 6.34. The zero-order chi connectivity index (χ0) is 12.3. The van der Waals surface area contributed by atoms with E-state index < -0.39 is 0 Å². The maximum absolute atomic E-state index is 9.93. The van der Waals surface area contributed by atoms with Gasteiger partial charge in [-0.2, -0.15) is 0 Å². The molecule has 1 aromatic carbocycles. The van der Waals surface area contributed by atoms with Crippen molar-refractivity contribution >= 4 is 0 Å². The van der Waals surface area contributed by atoms with Crippen LogP contribution in [-0.2, 0) is 6.42 Å². The van der Waals surface area contributed by atoms with Gasteiger partial charge in [0.15, 0.2) is 0 Å². The molecule has 17 heavy (non-hydrogen) atoms. The van der Waals surface area contributed by atoms with Crippen LogP contribution < -0.4 is 5.32 Å². The SMILES string of the molecule is CN(C)CCc1ccc(O)c(C2CCNC2)c1. The summed E-state index contributed by atoms with van der Waals surface area (Å²) in [5, 5.41) is 13.3. The Bertz CT molecular complexity index is 370. The second kappa shape index (κ2) is 5.52. The van der Waals surface area contributed by atoms with Crippen molar-refractivity contribution in [3.8, 4) is 5.75 Å². The smallest absolute Gasteiger partial charge is 0.119 e. The van der Waals surface area contributed by atoms with Crippen molar-refractivity contribution in [3.05, 3.63) is 29.3 Å². The van der Waals surface area contributed by atoms with Crippen LogP contribution in [0.1, 0.15) is 23.5 Å². The average Bonchev–Trinajstić information content (AvgIpc) is 2.81. The molecule has 3 heteroatoms. The van der Waals surface area contributed by atoms with E-state index in [1.807, 2.05) is 12.1 Å². The van der Waals surface area contributed by atoms with Gasteiger partial charge in [-0.25, -0.2) is 0 Å². The van der Waals surface area contributed by atoms with Crippen molar-refractivity contribution in [2.75, 3.05) is 33.7 Å². The highest BCUT2D eigenvalue weighted by atomic mass is 16.3. The highest BCUT2D eigenvalue weighted by Gasteiger charge is 2.19. The van der Waals surface area contributed by atoms with Crippen molar-refractivity contribution in [3.63, 3.8) is 0 Å². The van der Waals surface area contributed by atoms with Crippen LogP contribution in [0.5, 0.6) is 5.75 Å². The quantitative estimate of drug-likeness (QED) is 0.830. The van der Waals surface area contributed by atoms with Gasteiger partial charge in [-0.3, -0.25) is 0 Å². The normalized spacial score (nSPS) is 20.1. The second-order valence-corrected chi connectivity index (χ2v) is 5.14. The molecule has 0 amide bonds. The maximum Gasteiger partial charge on any atom is 0.119 e. The van der Waals surface area contributed by atoms with Gasteiger partial charge >= 0.3 is 0 Å². The number of hydrogen-bond acceptors (Lipinski definition) is 3. The maximum atomic E-state index is 9.93. The van der Waals surface area contributed by atoms with Gasteiger partial charge in [-0.15, -0.1) is 0 Å². The zero-order valence-corrected chi connectivity index (χ0v) is 10.7.